The first-order valence-electron chi connectivity index (χ1n) is 10.9. The number of thiophene rings is 1. The fraction of sp³-hybridized carbons (Fsp3) is 0.320. The van der Waals surface area contributed by atoms with E-state index in [-0.39, 0.29) is 18.2 Å². The SMILES string of the molecule is CC1(C(=O)N(CCCC(N)=O)Cc2ccc(Cl)cc2)CCN1C(=O)c1csc2ccccc12. The van der Waals surface area contributed by atoms with Crippen LogP contribution in [-0.4, -0.2) is 46.1 Å². The number of amides is 3. The number of hydrogen-bond acceptors (Lipinski definition) is 4. The van der Waals surface area contributed by atoms with Gasteiger partial charge in [-0.25, -0.2) is 0 Å². The summed E-state index contributed by atoms with van der Waals surface area (Å²) in [7, 11) is 0. The number of fused-ring (bicyclic) bond motifs is 1. The maximum Gasteiger partial charge on any atom is 0.256 e. The minimum Gasteiger partial charge on any atom is -0.370 e. The minimum atomic E-state index is -0.931. The van der Waals surface area contributed by atoms with Crippen LogP contribution in [-0.2, 0) is 16.1 Å². The number of hydrogen-bond donors (Lipinski definition) is 1. The van der Waals surface area contributed by atoms with Crippen LogP contribution < -0.4 is 5.73 Å². The molecule has 2 aromatic carbocycles. The van der Waals surface area contributed by atoms with E-state index in [4.69, 9.17) is 17.3 Å². The van der Waals surface area contributed by atoms with Crippen molar-refractivity contribution in [3.8, 4) is 0 Å². The quantitative estimate of drug-likeness (QED) is 0.513. The van der Waals surface area contributed by atoms with Gasteiger partial charge in [0.15, 0.2) is 0 Å². The van der Waals surface area contributed by atoms with Crippen LogP contribution in [0.3, 0.4) is 0 Å². The summed E-state index contributed by atoms with van der Waals surface area (Å²) in [5.74, 6) is -0.649. The second-order valence-electron chi connectivity index (χ2n) is 8.55. The van der Waals surface area contributed by atoms with Gasteiger partial charge < -0.3 is 15.5 Å². The first kappa shape index (κ1) is 23.3. The van der Waals surface area contributed by atoms with Gasteiger partial charge in [-0.2, -0.15) is 0 Å². The molecule has 0 bridgehead atoms. The molecule has 33 heavy (non-hydrogen) atoms. The number of benzene rings is 2. The van der Waals surface area contributed by atoms with Gasteiger partial charge in [0.25, 0.3) is 5.91 Å². The molecule has 3 aromatic rings. The molecular weight excluding hydrogens is 458 g/mol. The molecule has 1 saturated heterocycles. The Balaban J connectivity index is 1.56. The van der Waals surface area contributed by atoms with Gasteiger partial charge in [0.2, 0.25) is 11.8 Å². The van der Waals surface area contributed by atoms with Crippen LogP contribution in [0.2, 0.25) is 5.02 Å². The second kappa shape index (κ2) is 9.53. The maximum absolute atomic E-state index is 13.7. The molecule has 0 saturated carbocycles. The normalized spacial score (nSPS) is 17.6. The molecule has 4 rings (SSSR count). The smallest absolute Gasteiger partial charge is 0.256 e. The molecule has 1 aliphatic rings. The molecule has 8 heteroatoms. The highest BCUT2D eigenvalue weighted by molar-refractivity contribution is 7.17. The highest BCUT2D eigenvalue weighted by Crippen LogP contribution is 2.36. The van der Waals surface area contributed by atoms with Crippen molar-refractivity contribution in [2.45, 2.75) is 38.3 Å². The Hall–Kier alpha value is -2.90. The number of nitrogens with two attached hydrogens (primary N) is 1. The Morgan fingerprint density at radius 2 is 1.88 bits per heavy atom. The highest BCUT2D eigenvalue weighted by atomic mass is 35.5. The summed E-state index contributed by atoms with van der Waals surface area (Å²) in [6.45, 7) is 3.10. The average molecular weight is 484 g/mol. The Kier molecular flexibility index (Phi) is 6.72. The molecule has 2 heterocycles. The van der Waals surface area contributed by atoms with Crippen LogP contribution in [0, 0.1) is 0 Å². The largest absolute Gasteiger partial charge is 0.370 e. The molecular formula is C25H26ClN3O3S. The van der Waals surface area contributed by atoms with Crippen molar-refractivity contribution in [3.05, 3.63) is 70.1 Å². The van der Waals surface area contributed by atoms with E-state index in [0.29, 0.717) is 43.1 Å². The standard InChI is InChI=1S/C25H26ClN3O3S/c1-25(12-14-29(25)23(31)20-16-33-21-6-3-2-5-19(20)21)24(32)28(13-4-7-22(27)30)15-17-8-10-18(26)11-9-17/h2-3,5-6,8-11,16H,4,7,12-15H2,1H3,(H2,27,30). The lowest BCUT2D eigenvalue weighted by molar-refractivity contribution is -0.149. The van der Waals surface area contributed by atoms with Crippen molar-refractivity contribution in [1.82, 2.24) is 9.80 Å². The van der Waals surface area contributed by atoms with E-state index in [1.165, 1.54) is 11.3 Å². The lowest BCUT2D eigenvalue weighted by Gasteiger charge is -2.51. The number of halogens is 1. The molecule has 1 atom stereocenters. The van der Waals surface area contributed by atoms with E-state index in [1.807, 2.05) is 48.7 Å². The minimum absolute atomic E-state index is 0.124. The summed E-state index contributed by atoms with van der Waals surface area (Å²) in [6, 6.07) is 15.1. The van der Waals surface area contributed by atoms with Gasteiger partial charge in [-0.1, -0.05) is 41.9 Å². The van der Waals surface area contributed by atoms with Crippen molar-refractivity contribution in [2.75, 3.05) is 13.1 Å². The fourth-order valence-corrected chi connectivity index (χ4v) is 5.30. The van der Waals surface area contributed by atoms with Crippen molar-refractivity contribution >= 4 is 50.7 Å². The van der Waals surface area contributed by atoms with Crippen LogP contribution in [0.25, 0.3) is 10.1 Å². The summed E-state index contributed by atoms with van der Waals surface area (Å²) in [6.07, 6.45) is 1.26. The van der Waals surface area contributed by atoms with Crippen LogP contribution >= 0.6 is 22.9 Å². The number of nitrogens with zero attached hydrogens (tertiary/aromatic N) is 2. The molecule has 172 valence electrons. The lowest BCUT2D eigenvalue weighted by atomic mass is 9.84. The summed E-state index contributed by atoms with van der Waals surface area (Å²) < 4.78 is 1.05. The topological polar surface area (TPSA) is 83.7 Å². The van der Waals surface area contributed by atoms with E-state index in [1.54, 1.807) is 21.9 Å². The number of primary amides is 1. The number of carbonyl (C=O) groups is 3. The number of carbonyl (C=O) groups excluding carboxylic acids is 3. The molecule has 0 spiro atoms. The van der Waals surface area contributed by atoms with E-state index in [0.717, 1.165) is 15.6 Å². The third kappa shape index (κ3) is 4.75. The van der Waals surface area contributed by atoms with Crippen molar-refractivity contribution in [1.29, 1.82) is 0 Å². The molecule has 1 aromatic heterocycles. The summed E-state index contributed by atoms with van der Waals surface area (Å²) in [5, 5.41) is 3.40. The third-order valence-corrected chi connectivity index (χ3v) is 7.48. The Labute approximate surface area is 201 Å². The van der Waals surface area contributed by atoms with Crippen LogP contribution in [0.5, 0.6) is 0 Å². The van der Waals surface area contributed by atoms with E-state index in [2.05, 4.69) is 0 Å². The number of rotatable bonds is 8. The zero-order valence-corrected chi connectivity index (χ0v) is 20.0. The molecule has 2 N–H and O–H groups in total. The van der Waals surface area contributed by atoms with Gasteiger partial charge in [0.1, 0.15) is 5.54 Å². The van der Waals surface area contributed by atoms with Crippen molar-refractivity contribution in [3.63, 3.8) is 0 Å². The highest BCUT2D eigenvalue weighted by Gasteiger charge is 2.51. The predicted molar refractivity (Wildman–Crippen MR) is 131 cm³/mol. The molecule has 6 nitrogen and oxygen atoms in total. The summed E-state index contributed by atoms with van der Waals surface area (Å²) in [4.78, 5) is 41.8. The maximum atomic E-state index is 13.7. The van der Waals surface area contributed by atoms with Gasteiger partial charge in [0.05, 0.1) is 5.56 Å². The first-order chi connectivity index (χ1) is 15.8. The average Bonchev–Trinajstić information content (AvgIpc) is 3.22. The number of likely N-dealkylation sites (tertiary alicyclic amines) is 1. The summed E-state index contributed by atoms with van der Waals surface area (Å²) in [5.41, 5.74) is 5.93. The Morgan fingerprint density at radius 3 is 2.55 bits per heavy atom. The van der Waals surface area contributed by atoms with Crippen LogP contribution in [0.1, 0.15) is 42.1 Å². The molecule has 0 radical (unpaired) electrons. The van der Waals surface area contributed by atoms with Gasteiger partial charge in [-0.15, -0.1) is 11.3 Å². The van der Waals surface area contributed by atoms with E-state index in [9.17, 15) is 14.4 Å². The zero-order valence-electron chi connectivity index (χ0n) is 18.4. The molecule has 1 unspecified atom stereocenters. The summed E-state index contributed by atoms with van der Waals surface area (Å²) >= 11 is 7.53. The Morgan fingerprint density at radius 1 is 1.15 bits per heavy atom. The van der Waals surface area contributed by atoms with Gasteiger partial charge >= 0.3 is 0 Å². The second-order valence-corrected chi connectivity index (χ2v) is 9.90. The molecule has 1 aliphatic heterocycles. The molecule has 0 aliphatic carbocycles. The van der Waals surface area contributed by atoms with Crippen molar-refractivity contribution in [2.24, 2.45) is 5.73 Å². The van der Waals surface area contributed by atoms with Gasteiger partial charge in [0, 0.05) is 46.5 Å². The lowest BCUT2D eigenvalue weighted by Crippen LogP contribution is -2.67. The molecule has 3 amide bonds. The van der Waals surface area contributed by atoms with Gasteiger partial charge in [-0.05, 0) is 43.5 Å². The van der Waals surface area contributed by atoms with Crippen LogP contribution in [0.4, 0.5) is 0 Å². The van der Waals surface area contributed by atoms with E-state index < -0.39 is 11.4 Å². The first-order valence-corrected chi connectivity index (χ1v) is 12.2. The third-order valence-electron chi connectivity index (χ3n) is 6.26. The van der Waals surface area contributed by atoms with Gasteiger partial charge in [-0.3, -0.25) is 14.4 Å². The van der Waals surface area contributed by atoms with Crippen molar-refractivity contribution < 1.29 is 14.4 Å². The van der Waals surface area contributed by atoms with Crippen LogP contribution in [0.15, 0.2) is 53.9 Å². The Bertz CT molecular complexity index is 1190. The monoisotopic (exact) mass is 483 g/mol. The molecule has 1 fully saturated rings. The van der Waals surface area contributed by atoms with E-state index >= 15 is 0 Å². The fourth-order valence-electron chi connectivity index (χ4n) is 4.24. The zero-order chi connectivity index (χ0) is 23.6. The predicted octanol–water partition coefficient (Wildman–Crippen LogP) is 4.45.